The SMILES string of the molecule is Cc1ccc(S(=O)(=O)N2CCCC3(CCCC3=O)C2)c(C(F)(F)F)c1. The molecule has 1 aliphatic heterocycles. The lowest BCUT2D eigenvalue weighted by molar-refractivity contribution is -0.140. The highest BCUT2D eigenvalue weighted by Crippen LogP contribution is 2.44. The van der Waals surface area contributed by atoms with Crippen molar-refractivity contribution >= 4 is 15.8 Å². The quantitative estimate of drug-likeness (QED) is 0.795. The predicted molar refractivity (Wildman–Crippen MR) is 85.5 cm³/mol. The van der Waals surface area contributed by atoms with Crippen LogP contribution in [0.4, 0.5) is 13.2 Å². The molecule has 1 aromatic rings. The summed E-state index contributed by atoms with van der Waals surface area (Å²) in [5, 5.41) is 0. The van der Waals surface area contributed by atoms with Gasteiger partial charge in [-0.05, 0) is 44.7 Å². The molecule has 138 valence electrons. The molecule has 1 spiro atoms. The van der Waals surface area contributed by atoms with Crippen molar-refractivity contribution in [3.63, 3.8) is 0 Å². The summed E-state index contributed by atoms with van der Waals surface area (Å²) in [6, 6.07) is 3.24. The van der Waals surface area contributed by atoms with Gasteiger partial charge in [-0.2, -0.15) is 17.5 Å². The van der Waals surface area contributed by atoms with E-state index in [1.165, 1.54) is 13.0 Å². The molecule has 1 atom stereocenters. The van der Waals surface area contributed by atoms with Gasteiger partial charge >= 0.3 is 6.18 Å². The van der Waals surface area contributed by atoms with Gasteiger partial charge in [0.1, 0.15) is 5.78 Å². The van der Waals surface area contributed by atoms with E-state index in [0.717, 1.165) is 16.4 Å². The first-order chi connectivity index (χ1) is 11.6. The standard InChI is InChI=1S/C17H20F3NO3S/c1-12-5-6-14(13(10-12)17(18,19)20)25(23,24)21-9-3-8-16(11-21)7-2-4-15(16)22/h5-6,10H,2-4,7-9,11H2,1H3. The lowest BCUT2D eigenvalue weighted by Crippen LogP contribution is -2.48. The Kier molecular flexibility index (Phi) is 4.48. The van der Waals surface area contributed by atoms with E-state index in [1.54, 1.807) is 0 Å². The fourth-order valence-electron chi connectivity index (χ4n) is 3.95. The van der Waals surface area contributed by atoms with Crippen LogP contribution in [0.2, 0.25) is 0 Å². The molecule has 0 aromatic heterocycles. The summed E-state index contributed by atoms with van der Waals surface area (Å²) >= 11 is 0. The number of halogens is 3. The molecule has 3 rings (SSSR count). The van der Waals surface area contributed by atoms with E-state index < -0.39 is 32.1 Å². The molecule has 1 saturated carbocycles. The van der Waals surface area contributed by atoms with Crippen LogP contribution in [0.5, 0.6) is 0 Å². The molecule has 1 aliphatic carbocycles. The largest absolute Gasteiger partial charge is 0.417 e. The van der Waals surface area contributed by atoms with Crippen LogP contribution >= 0.6 is 0 Å². The zero-order valence-electron chi connectivity index (χ0n) is 13.9. The van der Waals surface area contributed by atoms with Crippen molar-refractivity contribution in [2.75, 3.05) is 13.1 Å². The summed E-state index contributed by atoms with van der Waals surface area (Å²) in [4.78, 5) is 11.5. The summed E-state index contributed by atoms with van der Waals surface area (Å²) in [6.45, 7) is 1.61. The van der Waals surface area contributed by atoms with Gasteiger partial charge in [0.15, 0.2) is 0 Å². The normalized spacial score (nSPS) is 25.7. The number of piperidine rings is 1. The summed E-state index contributed by atoms with van der Waals surface area (Å²) in [6.07, 6.45) is -1.92. The van der Waals surface area contributed by atoms with Gasteiger partial charge in [-0.15, -0.1) is 0 Å². The van der Waals surface area contributed by atoms with Gasteiger partial charge < -0.3 is 0 Å². The van der Waals surface area contributed by atoms with Crippen LogP contribution in [0, 0.1) is 12.3 Å². The molecule has 1 heterocycles. The minimum atomic E-state index is -4.76. The zero-order chi connectivity index (χ0) is 18.5. The number of benzene rings is 1. The monoisotopic (exact) mass is 375 g/mol. The summed E-state index contributed by atoms with van der Waals surface area (Å²) in [5.74, 6) is 0.0346. The van der Waals surface area contributed by atoms with Crippen molar-refractivity contribution in [2.24, 2.45) is 5.41 Å². The molecule has 1 unspecified atom stereocenters. The van der Waals surface area contributed by atoms with Crippen LogP contribution < -0.4 is 0 Å². The molecule has 2 aliphatic rings. The van der Waals surface area contributed by atoms with Crippen LogP contribution in [0.1, 0.15) is 43.2 Å². The zero-order valence-corrected chi connectivity index (χ0v) is 14.7. The van der Waals surface area contributed by atoms with E-state index in [4.69, 9.17) is 0 Å². The predicted octanol–water partition coefficient (Wildman–Crippen LogP) is 3.54. The molecule has 0 N–H and O–H groups in total. The second-order valence-corrected chi connectivity index (χ2v) is 8.90. The number of nitrogens with zero attached hydrogens (tertiary/aromatic N) is 1. The molecule has 1 aromatic carbocycles. The maximum absolute atomic E-state index is 13.3. The number of aryl methyl sites for hydroxylation is 1. The van der Waals surface area contributed by atoms with Gasteiger partial charge in [-0.3, -0.25) is 4.79 Å². The van der Waals surface area contributed by atoms with E-state index >= 15 is 0 Å². The first-order valence-corrected chi connectivity index (χ1v) is 9.72. The Bertz CT molecular complexity index is 804. The van der Waals surface area contributed by atoms with Gasteiger partial charge in [-0.1, -0.05) is 11.6 Å². The second kappa shape index (κ2) is 6.09. The molecule has 0 bridgehead atoms. The van der Waals surface area contributed by atoms with Crippen molar-refractivity contribution < 1.29 is 26.4 Å². The van der Waals surface area contributed by atoms with Gasteiger partial charge in [0.25, 0.3) is 0 Å². The maximum atomic E-state index is 13.3. The molecule has 0 amide bonds. The van der Waals surface area contributed by atoms with Crippen LogP contribution in [-0.2, 0) is 21.0 Å². The minimum absolute atomic E-state index is 0.0145. The fourth-order valence-corrected chi connectivity index (χ4v) is 5.70. The van der Waals surface area contributed by atoms with Crippen molar-refractivity contribution in [2.45, 2.75) is 50.1 Å². The highest BCUT2D eigenvalue weighted by molar-refractivity contribution is 7.89. The third-order valence-corrected chi connectivity index (χ3v) is 7.15. The Morgan fingerprint density at radius 3 is 2.44 bits per heavy atom. The number of alkyl halides is 3. The molecule has 4 nitrogen and oxygen atoms in total. The van der Waals surface area contributed by atoms with Gasteiger partial charge in [0.05, 0.1) is 10.5 Å². The number of sulfonamides is 1. The van der Waals surface area contributed by atoms with E-state index in [0.29, 0.717) is 37.7 Å². The fraction of sp³-hybridized carbons (Fsp3) is 0.588. The third kappa shape index (κ3) is 3.21. The Hall–Kier alpha value is -1.41. The van der Waals surface area contributed by atoms with Crippen molar-refractivity contribution in [3.05, 3.63) is 29.3 Å². The number of ketones is 1. The lowest BCUT2D eigenvalue weighted by Gasteiger charge is -2.38. The average molecular weight is 375 g/mol. The molecule has 1 saturated heterocycles. The average Bonchev–Trinajstić information content (AvgIpc) is 2.86. The van der Waals surface area contributed by atoms with E-state index in [-0.39, 0.29) is 18.9 Å². The van der Waals surface area contributed by atoms with E-state index in [9.17, 15) is 26.4 Å². The first kappa shape index (κ1) is 18.4. The van der Waals surface area contributed by atoms with Crippen LogP contribution in [0.15, 0.2) is 23.1 Å². The summed E-state index contributed by atoms with van der Waals surface area (Å²) in [5.41, 5.74) is -1.52. The maximum Gasteiger partial charge on any atom is 0.417 e. The Morgan fingerprint density at radius 1 is 1.16 bits per heavy atom. The Labute approximate surface area is 145 Å². The second-order valence-electron chi connectivity index (χ2n) is 7.00. The molecular weight excluding hydrogens is 355 g/mol. The van der Waals surface area contributed by atoms with Crippen LogP contribution in [-0.4, -0.2) is 31.6 Å². The molecular formula is C17H20F3NO3S. The van der Waals surface area contributed by atoms with E-state index in [2.05, 4.69) is 0 Å². The summed E-state index contributed by atoms with van der Waals surface area (Å²) in [7, 11) is -4.32. The highest BCUT2D eigenvalue weighted by Gasteiger charge is 2.48. The Morgan fingerprint density at radius 2 is 1.84 bits per heavy atom. The van der Waals surface area contributed by atoms with Gasteiger partial charge in [0, 0.05) is 24.9 Å². The van der Waals surface area contributed by atoms with Crippen molar-refractivity contribution in [3.8, 4) is 0 Å². The van der Waals surface area contributed by atoms with Gasteiger partial charge in [0.2, 0.25) is 10.0 Å². The Balaban J connectivity index is 2.01. The van der Waals surface area contributed by atoms with Crippen molar-refractivity contribution in [1.82, 2.24) is 4.31 Å². The lowest BCUT2D eigenvalue weighted by atomic mass is 9.78. The highest BCUT2D eigenvalue weighted by atomic mass is 32.2. The minimum Gasteiger partial charge on any atom is -0.299 e. The first-order valence-electron chi connectivity index (χ1n) is 8.28. The molecule has 2 fully saturated rings. The number of hydrogen-bond donors (Lipinski definition) is 0. The van der Waals surface area contributed by atoms with Gasteiger partial charge in [-0.25, -0.2) is 8.42 Å². The third-order valence-electron chi connectivity index (χ3n) is 5.25. The van der Waals surface area contributed by atoms with Crippen molar-refractivity contribution in [1.29, 1.82) is 0 Å². The molecule has 25 heavy (non-hydrogen) atoms. The number of hydrogen-bond acceptors (Lipinski definition) is 3. The number of carbonyl (C=O) groups is 1. The number of Topliss-reactive ketones (excluding diaryl/α,β-unsaturated/α-hetero) is 1. The molecule has 0 radical (unpaired) electrons. The molecule has 8 heteroatoms. The van der Waals surface area contributed by atoms with Crippen LogP contribution in [0.25, 0.3) is 0 Å². The topological polar surface area (TPSA) is 54.5 Å². The van der Waals surface area contributed by atoms with E-state index in [1.807, 2.05) is 0 Å². The number of rotatable bonds is 2. The number of carbonyl (C=O) groups excluding carboxylic acids is 1. The van der Waals surface area contributed by atoms with Crippen LogP contribution in [0.3, 0.4) is 0 Å². The summed E-state index contributed by atoms with van der Waals surface area (Å²) < 4.78 is 67.0. The smallest absolute Gasteiger partial charge is 0.299 e.